The van der Waals surface area contributed by atoms with Gasteiger partial charge < -0.3 is 0 Å². The number of carbonyl (C=O) groups is 1. The monoisotopic (exact) mass is 447 g/mol. The van der Waals surface area contributed by atoms with Crippen LogP contribution in [0.5, 0.6) is 0 Å². The fourth-order valence-electron chi connectivity index (χ4n) is 3.67. The molecular formula is C21H37NOS4. The van der Waals surface area contributed by atoms with Crippen LogP contribution in [0.4, 0.5) is 0 Å². The minimum atomic E-state index is -0.282. The summed E-state index contributed by atoms with van der Waals surface area (Å²) in [7, 11) is 0. The van der Waals surface area contributed by atoms with Gasteiger partial charge in [0, 0.05) is 11.6 Å². The van der Waals surface area contributed by atoms with Crippen molar-refractivity contribution in [2.75, 3.05) is 23.0 Å². The number of nitrogens with zero attached hydrogens (tertiary/aromatic N) is 1. The largest absolute Gasteiger partial charge is 0.292 e. The molecule has 1 aliphatic carbocycles. The first-order chi connectivity index (χ1) is 13.2. The number of allylic oxidation sites excluding steroid dienone is 2. The van der Waals surface area contributed by atoms with E-state index in [1.807, 2.05) is 47.0 Å². The number of fused-ring (bicyclic) bond motifs is 1. The molecule has 2 nitrogen and oxygen atoms in total. The van der Waals surface area contributed by atoms with Crippen molar-refractivity contribution >= 4 is 53.0 Å². The number of likely N-dealkylation sites (tertiary alicyclic amines) is 1. The topological polar surface area (TPSA) is 20.3 Å². The summed E-state index contributed by atoms with van der Waals surface area (Å²) in [4.78, 5) is 16.2. The van der Waals surface area contributed by atoms with Crippen molar-refractivity contribution in [3.63, 3.8) is 0 Å². The highest BCUT2D eigenvalue weighted by Gasteiger charge is 2.59. The Kier molecular flexibility index (Phi) is 10.9. The second-order valence-corrected chi connectivity index (χ2v) is 12.8. The van der Waals surface area contributed by atoms with Gasteiger partial charge in [0.05, 0.1) is 0 Å². The van der Waals surface area contributed by atoms with Gasteiger partial charge in [-0.15, -0.1) is 47.0 Å². The molecule has 0 radical (unpaired) electrons. The molecule has 2 aliphatic rings. The van der Waals surface area contributed by atoms with Gasteiger partial charge in [0.1, 0.15) is 8.78 Å². The molecule has 1 aliphatic heterocycles. The minimum Gasteiger partial charge on any atom is -0.292 e. The van der Waals surface area contributed by atoms with Crippen LogP contribution in [0.25, 0.3) is 0 Å². The second-order valence-electron chi connectivity index (χ2n) is 7.20. The highest BCUT2D eigenvalue weighted by Crippen LogP contribution is 2.58. The summed E-state index contributed by atoms with van der Waals surface area (Å²) in [6.45, 7) is 8.94. The van der Waals surface area contributed by atoms with E-state index >= 15 is 0 Å². The van der Waals surface area contributed by atoms with Crippen LogP contribution in [0.1, 0.15) is 72.6 Å². The summed E-state index contributed by atoms with van der Waals surface area (Å²) in [5, 5.41) is 0. The number of amides is 1. The van der Waals surface area contributed by atoms with Crippen LogP contribution in [0.3, 0.4) is 0 Å². The van der Waals surface area contributed by atoms with Gasteiger partial charge in [0.2, 0.25) is 0 Å². The maximum Gasteiger partial charge on any atom is 0.255 e. The summed E-state index contributed by atoms with van der Waals surface area (Å²) in [5.41, 5.74) is 1.36. The summed E-state index contributed by atoms with van der Waals surface area (Å²) >= 11 is 7.84. The van der Waals surface area contributed by atoms with Gasteiger partial charge in [-0.2, -0.15) is 0 Å². The first kappa shape index (κ1) is 23.9. The van der Waals surface area contributed by atoms with Crippen molar-refractivity contribution in [3.8, 4) is 0 Å². The van der Waals surface area contributed by atoms with Crippen LogP contribution in [0.2, 0.25) is 0 Å². The Morgan fingerprint density at radius 2 is 1.56 bits per heavy atom. The summed E-state index contributed by atoms with van der Waals surface area (Å²) in [6.07, 6.45) is 10.5. The van der Waals surface area contributed by atoms with Crippen molar-refractivity contribution < 1.29 is 4.79 Å². The summed E-state index contributed by atoms with van der Waals surface area (Å²) in [6, 6.07) is 0. The third-order valence-corrected chi connectivity index (χ3v) is 11.6. The van der Waals surface area contributed by atoms with Crippen molar-refractivity contribution in [2.45, 2.75) is 81.4 Å². The van der Waals surface area contributed by atoms with Crippen LogP contribution < -0.4 is 0 Å². The molecule has 0 N–H and O–H groups in total. The van der Waals surface area contributed by atoms with Crippen LogP contribution >= 0.6 is 47.0 Å². The van der Waals surface area contributed by atoms with Gasteiger partial charge in [-0.1, -0.05) is 33.8 Å². The number of carbonyl (C=O) groups excluding carboxylic acids is 1. The second kappa shape index (κ2) is 12.3. The average molecular weight is 448 g/mol. The molecule has 1 saturated heterocycles. The SMILES string of the molecule is CCCSC(SCCC)N1C(=O)C(SCCC)(SCCC)C2CCCC=C21. The van der Waals surface area contributed by atoms with Gasteiger partial charge in [-0.05, 0) is 68.0 Å². The van der Waals surface area contributed by atoms with E-state index in [0.717, 1.165) is 42.3 Å². The van der Waals surface area contributed by atoms with Gasteiger partial charge in [-0.25, -0.2) is 0 Å². The molecule has 0 aromatic rings. The molecule has 0 spiro atoms. The first-order valence-corrected chi connectivity index (χ1v) is 14.8. The highest BCUT2D eigenvalue weighted by molar-refractivity contribution is 8.19. The fraction of sp³-hybridized carbons (Fsp3) is 0.857. The van der Waals surface area contributed by atoms with Crippen molar-refractivity contribution in [1.82, 2.24) is 4.90 Å². The van der Waals surface area contributed by atoms with E-state index in [1.165, 1.54) is 31.4 Å². The standard InChI is InChI=1S/C21H37NOS4/c1-5-13-24-20(25-14-6-2)22-18-12-10-9-11-17(18)21(19(22)23,26-15-7-3)27-16-8-4/h12,17,20H,5-11,13-16H2,1-4H3. The molecule has 1 heterocycles. The van der Waals surface area contributed by atoms with Gasteiger partial charge in [0.25, 0.3) is 5.91 Å². The Balaban J connectivity index is 2.37. The van der Waals surface area contributed by atoms with E-state index in [2.05, 4.69) is 38.7 Å². The smallest absolute Gasteiger partial charge is 0.255 e. The third kappa shape index (κ3) is 5.61. The number of hydrogen-bond acceptors (Lipinski definition) is 5. The lowest BCUT2D eigenvalue weighted by Gasteiger charge is -2.32. The van der Waals surface area contributed by atoms with E-state index in [9.17, 15) is 4.79 Å². The predicted molar refractivity (Wildman–Crippen MR) is 130 cm³/mol. The Morgan fingerprint density at radius 1 is 1.00 bits per heavy atom. The lowest BCUT2D eigenvalue weighted by atomic mass is 9.92. The quantitative estimate of drug-likeness (QED) is 0.281. The normalized spacial score (nSPS) is 21.7. The first-order valence-electron chi connectivity index (χ1n) is 10.7. The molecule has 156 valence electrons. The maximum atomic E-state index is 14.0. The molecule has 1 unspecified atom stereocenters. The van der Waals surface area contributed by atoms with Crippen LogP contribution in [-0.4, -0.2) is 42.6 Å². The van der Waals surface area contributed by atoms with Gasteiger partial charge in [0.15, 0.2) is 0 Å². The lowest BCUT2D eigenvalue weighted by molar-refractivity contribution is -0.126. The Labute approximate surface area is 184 Å². The summed E-state index contributed by atoms with van der Waals surface area (Å²) < 4.78 is -0.0358. The van der Waals surface area contributed by atoms with E-state index in [4.69, 9.17) is 0 Å². The molecule has 27 heavy (non-hydrogen) atoms. The number of rotatable bonds is 13. The highest BCUT2D eigenvalue weighted by atomic mass is 32.2. The maximum absolute atomic E-state index is 14.0. The average Bonchev–Trinajstić information content (AvgIpc) is 2.94. The minimum absolute atomic E-state index is 0.246. The van der Waals surface area contributed by atoms with Crippen molar-refractivity contribution in [2.24, 2.45) is 5.92 Å². The molecule has 0 aromatic carbocycles. The molecule has 0 aromatic heterocycles. The Morgan fingerprint density at radius 3 is 2.07 bits per heavy atom. The lowest BCUT2D eigenvalue weighted by Crippen LogP contribution is -2.40. The van der Waals surface area contributed by atoms with Crippen LogP contribution in [0, 0.1) is 5.92 Å². The Bertz CT molecular complexity index is 481. The molecule has 1 fully saturated rings. The fourth-order valence-corrected chi connectivity index (χ4v) is 9.41. The summed E-state index contributed by atoms with van der Waals surface area (Å²) in [5.74, 6) is 5.21. The molecule has 6 heteroatoms. The molecule has 1 amide bonds. The number of hydrogen-bond donors (Lipinski definition) is 0. The van der Waals surface area contributed by atoms with E-state index < -0.39 is 0 Å². The van der Waals surface area contributed by atoms with Gasteiger partial charge >= 0.3 is 0 Å². The molecule has 1 atom stereocenters. The zero-order valence-corrected chi connectivity index (χ0v) is 20.8. The Hall–Kier alpha value is 0.610. The van der Waals surface area contributed by atoms with E-state index in [0.29, 0.717) is 11.8 Å². The van der Waals surface area contributed by atoms with E-state index in [-0.39, 0.29) is 8.78 Å². The molecule has 0 bridgehead atoms. The number of thioether (sulfide) groups is 4. The van der Waals surface area contributed by atoms with Gasteiger partial charge in [-0.3, -0.25) is 9.69 Å². The van der Waals surface area contributed by atoms with Crippen LogP contribution in [0.15, 0.2) is 11.8 Å². The third-order valence-electron chi connectivity index (χ3n) is 4.84. The van der Waals surface area contributed by atoms with Crippen LogP contribution in [-0.2, 0) is 4.79 Å². The zero-order chi connectivity index (χ0) is 19.7. The molecule has 0 saturated carbocycles. The molecular weight excluding hydrogens is 411 g/mol. The van der Waals surface area contributed by atoms with E-state index in [1.54, 1.807) is 0 Å². The molecule has 2 rings (SSSR count). The van der Waals surface area contributed by atoms with Crippen molar-refractivity contribution in [1.29, 1.82) is 0 Å². The predicted octanol–water partition coefficient (Wildman–Crippen LogP) is 7.07. The van der Waals surface area contributed by atoms with Crippen molar-refractivity contribution in [3.05, 3.63) is 11.8 Å². The zero-order valence-electron chi connectivity index (χ0n) is 17.5.